The summed E-state index contributed by atoms with van der Waals surface area (Å²) >= 11 is 6.19. The molecule has 132 valence electrons. The number of benzene rings is 3. The van der Waals surface area contributed by atoms with Gasteiger partial charge in [0.15, 0.2) is 0 Å². The van der Waals surface area contributed by atoms with E-state index in [0.29, 0.717) is 16.3 Å². The monoisotopic (exact) mass is 367 g/mol. The van der Waals surface area contributed by atoms with Gasteiger partial charge in [0.05, 0.1) is 12.5 Å². The van der Waals surface area contributed by atoms with Crippen LogP contribution in [0.15, 0.2) is 66.7 Å². The molecule has 3 aromatic carbocycles. The van der Waals surface area contributed by atoms with Crippen molar-refractivity contribution in [1.82, 2.24) is 5.32 Å². The quantitative estimate of drug-likeness (QED) is 0.630. The minimum absolute atomic E-state index is 0.0134. The van der Waals surface area contributed by atoms with Gasteiger partial charge in [0.2, 0.25) is 5.91 Å². The molecule has 0 aliphatic carbocycles. The van der Waals surface area contributed by atoms with Gasteiger partial charge in [-0.3, -0.25) is 4.79 Å². The third-order valence-electron chi connectivity index (χ3n) is 4.02. The Hall–Kier alpha value is -3.05. The number of hydrogen-bond donors (Lipinski definition) is 3. The Morgan fingerprint density at radius 1 is 0.962 bits per heavy atom. The second-order valence-electron chi connectivity index (χ2n) is 5.90. The maximum Gasteiger partial charge on any atom is 0.312 e. The summed E-state index contributed by atoms with van der Waals surface area (Å²) in [4.78, 5) is 23.8. The number of amides is 3. The van der Waals surface area contributed by atoms with Gasteiger partial charge in [0.1, 0.15) is 0 Å². The van der Waals surface area contributed by atoms with Crippen molar-refractivity contribution in [2.45, 2.75) is 12.5 Å². The number of primary amides is 1. The number of carbonyl (C=O) groups is 2. The number of urea groups is 1. The Bertz CT molecular complexity index is 958. The highest BCUT2D eigenvalue weighted by Gasteiger charge is 2.19. The lowest BCUT2D eigenvalue weighted by Gasteiger charge is -2.19. The minimum atomic E-state index is -0.714. The molecule has 4 N–H and O–H groups in total. The number of nitrogens with one attached hydrogen (secondary N) is 2. The van der Waals surface area contributed by atoms with Gasteiger partial charge in [-0.2, -0.15) is 0 Å². The van der Waals surface area contributed by atoms with E-state index in [1.165, 1.54) is 0 Å². The fraction of sp³-hybridized carbons (Fsp3) is 0.100. The lowest BCUT2D eigenvalue weighted by molar-refractivity contribution is -0.116. The standard InChI is InChI=1S/C20H18ClN3O2/c21-17-8-4-3-7-16(17)18(24-20(22)26)12-19(25)23-15-10-9-13-5-1-2-6-14(13)11-15/h1-11,18H,12H2,(H,23,25)(H3,22,24,26)/t18-/m0/s1. The van der Waals surface area contributed by atoms with Crippen molar-refractivity contribution >= 4 is 40.0 Å². The number of nitrogens with two attached hydrogens (primary N) is 1. The maximum atomic E-state index is 12.5. The molecule has 0 spiro atoms. The van der Waals surface area contributed by atoms with E-state index >= 15 is 0 Å². The molecule has 0 aliphatic rings. The zero-order valence-electron chi connectivity index (χ0n) is 13.9. The molecule has 3 aromatic rings. The van der Waals surface area contributed by atoms with Crippen molar-refractivity contribution in [3.05, 3.63) is 77.3 Å². The van der Waals surface area contributed by atoms with E-state index in [4.69, 9.17) is 17.3 Å². The first kappa shape index (κ1) is 17.8. The van der Waals surface area contributed by atoms with Crippen LogP contribution in [0.3, 0.4) is 0 Å². The summed E-state index contributed by atoms with van der Waals surface area (Å²) in [5.74, 6) is -0.251. The van der Waals surface area contributed by atoms with Crippen LogP contribution in [0.5, 0.6) is 0 Å². The highest BCUT2D eigenvalue weighted by molar-refractivity contribution is 6.31. The second kappa shape index (κ2) is 7.89. The molecule has 6 heteroatoms. The van der Waals surface area contributed by atoms with E-state index in [9.17, 15) is 9.59 Å². The van der Waals surface area contributed by atoms with Crippen LogP contribution in [0.25, 0.3) is 10.8 Å². The van der Waals surface area contributed by atoms with Crippen LogP contribution in [0.1, 0.15) is 18.0 Å². The molecule has 1 atom stereocenters. The van der Waals surface area contributed by atoms with Crippen molar-refractivity contribution in [3.63, 3.8) is 0 Å². The lowest BCUT2D eigenvalue weighted by Crippen LogP contribution is -2.35. The van der Waals surface area contributed by atoms with E-state index in [1.54, 1.807) is 24.3 Å². The third-order valence-corrected chi connectivity index (χ3v) is 4.36. The topological polar surface area (TPSA) is 84.2 Å². The van der Waals surface area contributed by atoms with Gasteiger partial charge < -0.3 is 16.4 Å². The molecule has 0 unspecified atom stereocenters. The van der Waals surface area contributed by atoms with Gasteiger partial charge in [-0.1, -0.05) is 60.1 Å². The van der Waals surface area contributed by atoms with E-state index in [0.717, 1.165) is 10.8 Å². The highest BCUT2D eigenvalue weighted by atomic mass is 35.5. The zero-order chi connectivity index (χ0) is 18.5. The number of hydrogen-bond acceptors (Lipinski definition) is 2. The van der Waals surface area contributed by atoms with Crippen molar-refractivity contribution < 1.29 is 9.59 Å². The van der Waals surface area contributed by atoms with E-state index in [2.05, 4.69) is 10.6 Å². The van der Waals surface area contributed by atoms with Crippen LogP contribution >= 0.6 is 11.6 Å². The Labute approximate surface area is 156 Å². The molecular formula is C20H18ClN3O2. The van der Waals surface area contributed by atoms with Crippen LogP contribution in [0.2, 0.25) is 5.02 Å². The molecule has 0 saturated heterocycles. The van der Waals surface area contributed by atoms with Crippen LogP contribution in [-0.2, 0) is 4.79 Å². The van der Waals surface area contributed by atoms with Gasteiger partial charge in [-0.15, -0.1) is 0 Å². The largest absolute Gasteiger partial charge is 0.352 e. The van der Waals surface area contributed by atoms with E-state index in [-0.39, 0.29) is 12.3 Å². The maximum absolute atomic E-state index is 12.5. The van der Waals surface area contributed by atoms with E-state index in [1.807, 2.05) is 42.5 Å². The summed E-state index contributed by atoms with van der Waals surface area (Å²) in [5.41, 5.74) is 6.57. The highest BCUT2D eigenvalue weighted by Crippen LogP contribution is 2.26. The molecule has 0 heterocycles. The number of anilines is 1. The number of rotatable bonds is 5. The first-order valence-corrected chi connectivity index (χ1v) is 8.50. The molecule has 0 bridgehead atoms. The molecule has 3 amide bonds. The fourth-order valence-electron chi connectivity index (χ4n) is 2.83. The average Bonchev–Trinajstić information content (AvgIpc) is 2.61. The van der Waals surface area contributed by atoms with Crippen molar-refractivity contribution in [2.24, 2.45) is 5.73 Å². The third kappa shape index (κ3) is 4.32. The molecule has 0 saturated carbocycles. The van der Waals surface area contributed by atoms with Gasteiger partial charge in [0, 0.05) is 10.7 Å². The van der Waals surface area contributed by atoms with Crippen LogP contribution in [0, 0.1) is 0 Å². The normalized spacial score (nSPS) is 11.7. The first-order chi connectivity index (χ1) is 12.5. The van der Waals surface area contributed by atoms with Crippen molar-refractivity contribution in [2.75, 3.05) is 5.32 Å². The van der Waals surface area contributed by atoms with Gasteiger partial charge in [-0.05, 0) is 34.5 Å². The second-order valence-corrected chi connectivity index (χ2v) is 6.30. The lowest BCUT2D eigenvalue weighted by atomic mass is 10.0. The smallest absolute Gasteiger partial charge is 0.312 e. The summed E-state index contributed by atoms with van der Waals surface area (Å²) in [6.45, 7) is 0. The summed E-state index contributed by atoms with van der Waals surface area (Å²) in [6.07, 6.45) is 0.0134. The van der Waals surface area contributed by atoms with E-state index < -0.39 is 12.1 Å². The van der Waals surface area contributed by atoms with Crippen LogP contribution in [0.4, 0.5) is 10.5 Å². The molecular weight excluding hydrogens is 350 g/mol. The Kier molecular flexibility index (Phi) is 5.39. The van der Waals surface area contributed by atoms with Crippen molar-refractivity contribution in [1.29, 1.82) is 0 Å². The van der Waals surface area contributed by atoms with Crippen LogP contribution < -0.4 is 16.4 Å². The molecule has 26 heavy (non-hydrogen) atoms. The molecule has 0 fully saturated rings. The minimum Gasteiger partial charge on any atom is -0.352 e. The number of carbonyl (C=O) groups excluding carboxylic acids is 2. The predicted octanol–water partition coefficient (Wildman–Crippen LogP) is 4.23. The molecule has 0 aliphatic heterocycles. The zero-order valence-corrected chi connectivity index (χ0v) is 14.7. The Balaban J connectivity index is 1.76. The molecule has 0 aromatic heterocycles. The van der Waals surface area contributed by atoms with Gasteiger partial charge >= 0.3 is 6.03 Å². The SMILES string of the molecule is NC(=O)N[C@@H](CC(=O)Nc1ccc2ccccc2c1)c1ccccc1Cl. The average molecular weight is 368 g/mol. The predicted molar refractivity (Wildman–Crippen MR) is 104 cm³/mol. The number of fused-ring (bicyclic) bond motifs is 1. The summed E-state index contributed by atoms with van der Waals surface area (Å²) in [5, 5.41) is 8.02. The first-order valence-electron chi connectivity index (χ1n) is 8.12. The van der Waals surface area contributed by atoms with Gasteiger partial charge in [-0.25, -0.2) is 4.79 Å². The summed E-state index contributed by atoms with van der Waals surface area (Å²) in [6, 6.07) is 19.3. The number of halogens is 1. The molecule has 5 nitrogen and oxygen atoms in total. The Morgan fingerprint density at radius 2 is 1.65 bits per heavy atom. The summed E-state index contributed by atoms with van der Waals surface area (Å²) < 4.78 is 0. The Morgan fingerprint density at radius 3 is 2.38 bits per heavy atom. The van der Waals surface area contributed by atoms with Gasteiger partial charge in [0.25, 0.3) is 0 Å². The van der Waals surface area contributed by atoms with Crippen molar-refractivity contribution in [3.8, 4) is 0 Å². The molecule has 3 rings (SSSR count). The molecule has 0 radical (unpaired) electrons. The summed E-state index contributed by atoms with van der Waals surface area (Å²) in [7, 11) is 0. The van der Waals surface area contributed by atoms with Crippen LogP contribution in [-0.4, -0.2) is 11.9 Å². The fourth-order valence-corrected chi connectivity index (χ4v) is 3.10.